The van der Waals surface area contributed by atoms with Gasteiger partial charge in [-0.1, -0.05) is 0 Å². The highest BCUT2D eigenvalue weighted by molar-refractivity contribution is 5.72. The molecule has 0 saturated carbocycles. The van der Waals surface area contributed by atoms with E-state index in [4.69, 9.17) is 4.74 Å². The molecule has 0 aliphatic carbocycles. The first-order chi connectivity index (χ1) is 13.3. The van der Waals surface area contributed by atoms with Crippen LogP contribution >= 0.6 is 0 Å². The van der Waals surface area contributed by atoms with Crippen LogP contribution < -0.4 is 0 Å². The molecule has 1 fully saturated rings. The van der Waals surface area contributed by atoms with Crippen molar-refractivity contribution in [1.29, 1.82) is 0 Å². The molecular weight excluding hydrogens is 364 g/mol. The Morgan fingerprint density at radius 2 is 1.21 bits per heavy atom. The predicted molar refractivity (Wildman–Crippen MR) is 105 cm³/mol. The van der Waals surface area contributed by atoms with Crippen molar-refractivity contribution in [3.05, 3.63) is 0 Å². The van der Waals surface area contributed by atoms with Crippen LogP contribution in [0.2, 0.25) is 0 Å². The van der Waals surface area contributed by atoms with E-state index in [1.807, 2.05) is 35.5 Å². The van der Waals surface area contributed by atoms with Crippen LogP contribution in [0.1, 0.15) is 20.8 Å². The van der Waals surface area contributed by atoms with Crippen LogP contribution in [0.5, 0.6) is 0 Å². The van der Waals surface area contributed by atoms with Crippen molar-refractivity contribution in [3.8, 4) is 0 Å². The summed E-state index contributed by atoms with van der Waals surface area (Å²) in [6.45, 7) is 10.8. The summed E-state index contributed by atoms with van der Waals surface area (Å²) in [7, 11) is 0. The molecule has 9 heteroatoms. The smallest absolute Gasteiger partial charge is 0.320 e. The van der Waals surface area contributed by atoms with E-state index < -0.39 is 5.60 Å². The van der Waals surface area contributed by atoms with Gasteiger partial charge in [-0.15, -0.1) is 0 Å². The number of carbonyl (C=O) groups excluding carboxylic acids is 4. The summed E-state index contributed by atoms with van der Waals surface area (Å²) < 4.78 is 5.41. The first kappa shape index (κ1) is 24.2. The van der Waals surface area contributed by atoms with Crippen molar-refractivity contribution in [2.24, 2.45) is 0 Å². The Morgan fingerprint density at radius 3 is 1.64 bits per heavy atom. The largest absolute Gasteiger partial charge is 0.459 e. The fourth-order valence-corrected chi connectivity index (χ4v) is 2.95. The second-order valence-electron chi connectivity index (χ2n) is 7.94. The lowest BCUT2D eigenvalue weighted by atomic mass is 10.2. The molecule has 28 heavy (non-hydrogen) atoms. The summed E-state index contributed by atoms with van der Waals surface area (Å²) in [6, 6.07) is 0. The molecule has 0 radical (unpaired) electrons. The van der Waals surface area contributed by atoms with Gasteiger partial charge in [0.25, 0.3) is 0 Å². The van der Waals surface area contributed by atoms with Gasteiger partial charge < -0.3 is 19.2 Å². The summed E-state index contributed by atoms with van der Waals surface area (Å²) in [5.74, 6) is -0.309. The second-order valence-corrected chi connectivity index (χ2v) is 7.94. The van der Waals surface area contributed by atoms with Gasteiger partial charge >= 0.3 is 5.97 Å². The number of rotatable bonds is 7. The van der Waals surface area contributed by atoms with Crippen LogP contribution in [-0.4, -0.2) is 122 Å². The van der Waals surface area contributed by atoms with Gasteiger partial charge in [0, 0.05) is 52.4 Å². The summed E-state index contributed by atoms with van der Waals surface area (Å²) in [5, 5.41) is 0. The fraction of sp³-hybridized carbons (Fsp3) is 0.789. The zero-order valence-electron chi connectivity index (χ0n) is 17.3. The van der Waals surface area contributed by atoms with Crippen molar-refractivity contribution < 1.29 is 23.9 Å². The van der Waals surface area contributed by atoms with Crippen LogP contribution in [0, 0.1) is 0 Å². The highest BCUT2D eigenvalue weighted by atomic mass is 16.6. The molecule has 0 spiro atoms. The van der Waals surface area contributed by atoms with E-state index >= 15 is 0 Å². The van der Waals surface area contributed by atoms with Gasteiger partial charge in [-0.05, 0) is 20.8 Å². The molecule has 0 atom stereocenters. The van der Waals surface area contributed by atoms with Crippen molar-refractivity contribution in [2.45, 2.75) is 26.4 Å². The summed E-state index contributed by atoms with van der Waals surface area (Å²) in [4.78, 5) is 53.1. The Bertz CT molecular complexity index is 509. The average molecular weight is 399 g/mol. The van der Waals surface area contributed by atoms with Crippen LogP contribution in [0.15, 0.2) is 0 Å². The van der Waals surface area contributed by atoms with E-state index in [0.29, 0.717) is 65.4 Å². The molecule has 0 aromatic heterocycles. The maximum atomic E-state index is 12.2. The number of carbonyl (C=O) groups is 4. The van der Waals surface area contributed by atoms with Gasteiger partial charge in [0.1, 0.15) is 18.2 Å². The SMILES string of the molecule is CC(C)(C)OC(=O)CN1CCN(C=O)CCN(CC=O)CCN(CC=O)CC1. The van der Waals surface area contributed by atoms with E-state index in [-0.39, 0.29) is 12.5 Å². The van der Waals surface area contributed by atoms with E-state index in [0.717, 1.165) is 19.0 Å². The molecule has 1 saturated heterocycles. The Hall–Kier alpha value is -1.84. The molecule has 9 nitrogen and oxygen atoms in total. The Balaban J connectivity index is 2.80. The number of aldehydes is 2. The Kier molecular flexibility index (Phi) is 10.9. The average Bonchev–Trinajstić information content (AvgIpc) is 2.60. The molecule has 1 rings (SSSR count). The van der Waals surface area contributed by atoms with Gasteiger partial charge in [0.15, 0.2) is 0 Å². The van der Waals surface area contributed by atoms with Gasteiger partial charge in [-0.25, -0.2) is 0 Å². The normalized spacial score (nSPS) is 19.3. The molecule has 0 aromatic carbocycles. The molecular formula is C19H34N4O5. The fourth-order valence-electron chi connectivity index (χ4n) is 2.95. The van der Waals surface area contributed by atoms with E-state index in [1.54, 1.807) is 4.90 Å². The zero-order chi connectivity index (χ0) is 21.0. The zero-order valence-corrected chi connectivity index (χ0v) is 17.3. The topological polar surface area (TPSA) is 90.5 Å². The second kappa shape index (κ2) is 12.6. The third-order valence-electron chi connectivity index (χ3n) is 4.46. The van der Waals surface area contributed by atoms with Crippen molar-refractivity contribution in [3.63, 3.8) is 0 Å². The monoisotopic (exact) mass is 398 g/mol. The minimum atomic E-state index is -0.552. The minimum absolute atomic E-state index is 0.135. The van der Waals surface area contributed by atoms with E-state index in [1.165, 1.54) is 0 Å². The molecule has 0 N–H and O–H groups in total. The molecule has 1 aliphatic rings. The summed E-state index contributed by atoms with van der Waals surface area (Å²) in [5.41, 5.74) is -0.552. The Labute approximate surface area is 167 Å². The van der Waals surface area contributed by atoms with Crippen molar-refractivity contribution in [1.82, 2.24) is 19.6 Å². The molecule has 0 bridgehead atoms. The van der Waals surface area contributed by atoms with Gasteiger partial charge in [-0.3, -0.25) is 24.3 Å². The molecule has 0 aromatic rings. The number of nitrogens with zero attached hydrogens (tertiary/aromatic N) is 4. The standard InChI is InChI=1S/C19H34N4O5/c1-19(2,3)28-18(27)16-22-8-6-20(12-14-24)4-5-21(13-15-25)7-10-23(17-26)11-9-22/h14-15,17H,4-13,16H2,1-3H3. The van der Waals surface area contributed by atoms with Gasteiger partial charge in [0.05, 0.1) is 19.6 Å². The van der Waals surface area contributed by atoms with Crippen LogP contribution in [-0.2, 0) is 23.9 Å². The number of hydrogen-bond acceptors (Lipinski definition) is 8. The minimum Gasteiger partial charge on any atom is -0.459 e. The first-order valence-corrected chi connectivity index (χ1v) is 9.73. The number of hydrogen-bond donors (Lipinski definition) is 0. The number of ether oxygens (including phenoxy) is 1. The molecule has 0 unspecified atom stereocenters. The molecule has 160 valence electrons. The van der Waals surface area contributed by atoms with Crippen LogP contribution in [0.25, 0.3) is 0 Å². The first-order valence-electron chi connectivity index (χ1n) is 9.73. The third-order valence-corrected chi connectivity index (χ3v) is 4.46. The lowest BCUT2D eigenvalue weighted by Gasteiger charge is -2.32. The van der Waals surface area contributed by atoms with Gasteiger partial charge in [0.2, 0.25) is 6.41 Å². The lowest BCUT2D eigenvalue weighted by Crippen LogP contribution is -2.47. The highest BCUT2D eigenvalue weighted by Crippen LogP contribution is 2.08. The highest BCUT2D eigenvalue weighted by Gasteiger charge is 2.21. The summed E-state index contributed by atoms with van der Waals surface area (Å²) >= 11 is 0. The van der Waals surface area contributed by atoms with E-state index in [2.05, 4.69) is 0 Å². The molecule has 1 aliphatic heterocycles. The van der Waals surface area contributed by atoms with Crippen LogP contribution in [0.3, 0.4) is 0 Å². The third kappa shape index (κ3) is 10.5. The Morgan fingerprint density at radius 1 is 0.786 bits per heavy atom. The van der Waals surface area contributed by atoms with Gasteiger partial charge in [-0.2, -0.15) is 0 Å². The molecule has 1 heterocycles. The quantitative estimate of drug-likeness (QED) is 0.403. The number of esters is 1. The van der Waals surface area contributed by atoms with Crippen molar-refractivity contribution >= 4 is 25.0 Å². The number of amides is 1. The predicted octanol–water partition coefficient (Wildman–Crippen LogP) is -0.896. The molecule has 1 amide bonds. The van der Waals surface area contributed by atoms with E-state index in [9.17, 15) is 19.2 Å². The van der Waals surface area contributed by atoms with Crippen molar-refractivity contribution in [2.75, 3.05) is 72.0 Å². The maximum Gasteiger partial charge on any atom is 0.320 e. The summed E-state index contributed by atoms with van der Waals surface area (Å²) in [6.07, 6.45) is 2.52. The lowest BCUT2D eigenvalue weighted by molar-refractivity contribution is -0.156. The maximum absolute atomic E-state index is 12.2. The van der Waals surface area contributed by atoms with Crippen LogP contribution in [0.4, 0.5) is 0 Å².